The summed E-state index contributed by atoms with van der Waals surface area (Å²) in [5.41, 5.74) is 5.20. The van der Waals surface area contributed by atoms with Crippen LogP contribution in [0.25, 0.3) is 10.9 Å². The Hall–Kier alpha value is -2.10. The van der Waals surface area contributed by atoms with Gasteiger partial charge in [-0.05, 0) is 68.7 Å². The number of benzene rings is 2. The predicted molar refractivity (Wildman–Crippen MR) is 107 cm³/mol. The van der Waals surface area contributed by atoms with Crippen LogP contribution in [0.3, 0.4) is 0 Å². The second kappa shape index (κ2) is 7.26. The summed E-state index contributed by atoms with van der Waals surface area (Å²) in [6.45, 7) is 7.70. The molecule has 3 aromatic rings. The number of rotatable bonds is 4. The van der Waals surface area contributed by atoms with Crippen molar-refractivity contribution < 1.29 is 9.53 Å². The third-order valence-corrected chi connectivity index (χ3v) is 5.06. The SMILES string of the molecule is Cc1ccc2c(Cl)cc(Cl)c(OCC(=O)c3cc(C)c(C)cc3C)c2n1. The van der Waals surface area contributed by atoms with Crippen LogP contribution in [0, 0.1) is 27.7 Å². The normalized spacial score (nSPS) is 11.0. The highest BCUT2D eigenvalue weighted by Crippen LogP contribution is 2.37. The summed E-state index contributed by atoms with van der Waals surface area (Å²) in [7, 11) is 0. The van der Waals surface area contributed by atoms with Crippen LogP contribution in [-0.2, 0) is 0 Å². The fourth-order valence-corrected chi connectivity index (χ4v) is 3.47. The monoisotopic (exact) mass is 387 g/mol. The first-order valence-corrected chi connectivity index (χ1v) is 9.02. The van der Waals surface area contributed by atoms with Gasteiger partial charge in [0.25, 0.3) is 0 Å². The van der Waals surface area contributed by atoms with Gasteiger partial charge in [-0.25, -0.2) is 4.98 Å². The number of aryl methyl sites for hydroxylation is 4. The number of carbonyl (C=O) groups is 1. The van der Waals surface area contributed by atoms with E-state index in [4.69, 9.17) is 27.9 Å². The van der Waals surface area contributed by atoms with E-state index in [1.165, 1.54) is 0 Å². The Morgan fingerprint density at radius 1 is 0.962 bits per heavy atom. The average Bonchev–Trinajstić information content (AvgIpc) is 2.57. The summed E-state index contributed by atoms with van der Waals surface area (Å²) in [6, 6.07) is 9.27. The first-order valence-electron chi connectivity index (χ1n) is 8.27. The molecule has 0 aliphatic carbocycles. The van der Waals surface area contributed by atoms with Gasteiger partial charge in [-0.3, -0.25) is 4.79 Å². The molecule has 0 unspecified atom stereocenters. The van der Waals surface area contributed by atoms with Gasteiger partial charge in [0.2, 0.25) is 0 Å². The van der Waals surface area contributed by atoms with Gasteiger partial charge in [0, 0.05) is 16.6 Å². The Morgan fingerprint density at radius 2 is 1.65 bits per heavy atom. The van der Waals surface area contributed by atoms with Crippen molar-refractivity contribution in [3.05, 3.63) is 68.3 Å². The molecule has 134 valence electrons. The summed E-state index contributed by atoms with van der Waals surface area (Å²) in [5.74, 6) is 0.280. The highest BCUT2D eigenvalue weighted by molar-refractivity contribution is 6.39. The van der Waals surface area contributed by atoms with Gasteiger partial charge >= 0.3 is 0 Å². The van der Waals surface area contributed by atoms with Crippen LogP contribution in [0.5, 0.6) is 5.75 Å². The quantitative estimate of drug-likeness (QED) is 0.512. The van der Waals surface area contributed by atoms with Crippen molar-refractivity contribution in [2.45, 2.75) is 27.7 Å². The van der Waals surface area contributed by atoms with E-state index in [0.29, 0.717) is 26.9 Å². The Bertz CT molecular complexity index is 1030. The Labute approximate surface area is 162 Å². The molecule has 0 N–H and O–H groups in total. The van der Waals surface area contributed by atoms with E-state index in [1.807, 2.05) is 52.0 Å². The minimum atomic E-state index is -0.116. The van der Waals surface area contributed by atoms with E-state index in [0.717, 1.165) is 27.8 Å². The van der Waals surface area contributed by atoms with E-state index in [1.54, 1.807) is 6.07 Å². The zero-order valence-electron chi connectivity index (χ0n) is 15.1. The third kappa shape index (κ3) is 3.55. The molecule has 0 atom stereocenters. The average molecular weight is 388 g/mol. The number of ether oxygens (including phenoxy) is 1. The van der Waals surface area contributed by atoms with E-state index in [-0.39, 0.29) is 12.4 Å². The lowest BCUT2D eigenvalue weighted by atomic mass is 9.98. The van der Waals surface area contributed by atoms with E-state index < -0.39 is 0 Å². The molecule has 0 bridgehead atoms. The first kappa shape index (κ1) is 18.7. The van der Waals surface area contributed by atoms with Gasteiger partial charge in [-0.15, -0.1) is 0 Å². The highest BCUT2D eigenvalue weighted by Gasteiger charge is 2.16. The maximum absolute atomic E-state index is 12.7. The number of hydrogen-bond acceptors (Lipinski definition) is 3. The number of aromatic nitrogens is 1. The Kier molecular flexibility index (Phi) is 5.22. The molecule has 26 heavy (non-hydrogen) atoms. The van der Waals surface area contributed by atoms with Crippen LogP contribution >= 0.6 is 23.2 Å². The largest absolute Gasteiger partial charge is 0.482 e. The second-order valence-corrected chi connectivity index (χ2v) is 7.30. The van der Waals surface area contributed by atoms with Crippen molar-refractivity contribution in [2.24, 2.45) is 0 Å². The van der Waals surface area contributed by atoms with Gasteiger partial charge in [-0.2, -0.15) is 0 Å². The molecule has 3 rings (SSSR count). The smallest absolute Gasteiger partial charge is 0.200 e. The van der Waals surface area contributed by atoms with Crippen molar-refractivity contribution in [2.75, 3.05) is 6.61 Å². The Balaban J connectivity index is 1.94. The van der Waals surface area contributed by atoms with Crippen LogP contribution in [0.1, 0.15) is 32.7 Å². The number of carbonyl (C=O) groups excluding carboxylic acids is 1. The maximum atomic E-state index is 12.7. The van der Waals surface area contributed by atoms with Crippen LogP contribution in [0.4, 0.5) is 0 Å². The lowest BCUT2D eigenvalue weighted by Crippen LogP contribution is -2.14. The van der Waals surface area contributed by atoms with Crippen molar-refractivity contribution in [3.8, 4) is 5.75 Å². The van der Waals surface area contributed by atoms with Crippen molar-refractivity contribution >= 4 is 39.9 Å². The minimum absolute atomic E-state index is 0.0996. The lowest BCUT2D eigenvalue weighted by Gasteiger charge is -2.13. The van der Waals surface area contributed by atoms with Crippen molar-refractivity contribution in [3.63, 3.8) is 0 Å². The molecule has 1 heterocycles. The molecule has 0 fully saturated rings. The molecule has 1 aromatic heterocycles. The molecule has 0 aliphatic heterocycles. The number of halogens is 2. The standard InChI is InChI=1S/C21H19Cl2NO2/c1-11-7-13(3)16(8-12(11)2)19(25)10-26-21-18(23)9-17(22)15-6-5-14(4)24-20(15)21/h5-9H,10H2,1-4H3. The van der Waals surface area contributed by atoms with Crippen molar-refractivity contribution in [1.29, 1.82) is 0 Å². The molecule has 3 nitrogen and oxygen atoms in total. The van der Waals surface area contributed by atoms with Crippen LogP contribution in [-0.4, -0.2) is 17.4 Å². The molecule has 0 spiro atoms. The van der Waals surface area contributed by atoms with Gasteiger partial charge in [0.1, 0.15) is 5.52 Å². The second-order valence-electron chi connectivity index (χ2n) is 6.48. The molecular weight excluding hydrogens is 369 g/mol. The lowest BCUT2D eigenvalue weighted by molar-refractivity contribution is 0.0922. The van der Waals surface area contributed by atoms with Gasteiger partial charge < -0.3 is 4.74 Å². The predicted octanol–water partition coefficient (Wildman–Crippen LogP) is 6.04. The Morgan fingerprint density at radius 3 is 2.38 bits per heavy atom. The molecule has 2 aromatic carbocycles. The minimum Gasteiger partial charge on any atom is -0.482 e. The molecule has 0 saturated carbocycles. The molecular formula is C21H19Cl2NO2. The van der Waals surface area contributed by atoms with E-state index in [2.05, 4.69) is 4.98 Å². The summed E-state index contributed by atoms with van der Waals surface area (Å²) in [5, 5.41) is 1.58. The van der Waals surface area contributed by atoms with Gasteiger partial charge in [0.15, 0.2) is 18.1 Å². The summed E-state index contributed by atoms with van der Waals surface area (Å²) < 4.78 is 5.80. The van der Waals surface area contributed by atoms with Gasteiger partial charge in [0.05, 0.1) is 10.0 Å². The zero-order chi connectivity index (χ0) is 19.0. The highest BCUT2D eigenvalue weighted by atomic mass is 35.5. The van der Waals surface area contributed by atoms with Crippen LogP contribution < -0.4 is 4.74 Å². The number of hydrogen-bond donors (Lipinski definition) is 0. The topological polar surface area (TPSA) is 39.2 Å². The number of pyridine rings is 1. The number of Topliss-reactive ketones (excluding diaryl/α,β-unsaturated/α-hetero) is 1. The van der Waals surface area contributed by atoms with E-state index in [9.17, 15) is 4.79 Å². The molecule has 5 heteroatoms. The summed E-state index contributed by atoms with van der Waals surface area (Å²) in [6.07, 6.45) is 0. The summed E-state index contributed by atoms with van der Waals surface area (Å²) in [4.78, 5) is 17.2. The molecule has 0 amide bonds. The zero-order valence-corrected chi connectivity index (χ0v) is 16.6. The maximum Gasteiger partial charge on any atom is 0.200 e. The summed E-state index contributed by atoms with van der Waals surface area (Å²) >= 11 is 12.6. The third-order valence-electron chi connectivity index (χ3n) is 4.47. The fraction of sp³-hybridized carbons (Fsp3) is 0.238. The number of fused-ring (bicyclic) bond motifs is 1. The van der Waals surface area contributed by atoms with Crippen molar-refractivity contribution in [1.82, 2.24) is 4.98 Å². The first-order chi connectivity index (χ1) is 12.3. The van der Waals surface area contributed by atoms with Crippen LogP contribution in [0.15, 0.2) is 30.3 Å². The molecule has 0 aliphatic rings. The fourth-order valence-electron chi connectivity index (χ4n) is 2.90. The molecule has 0 saturated heterocycles. The van der Waals surface area contributed by atoms with Crippen LogP contribution in [0.2, 0.25) is 10.0 Å². The molecule has 0 radical (unpaired) electrons. The van der Waals surface area contributed by atoms with E-state index >= 15 is 0 Å². The number of nitrogens with zero attached hydrogens (tertiary/aromatic N) is 1. The number of ketones is 1. The van der Waals surface area contributed by atoms with Gasteiger partial charge in [-0.1, -0.05) is 29.3 Å².